The molecule has 0 bridgehead atoms. The third-order valence-electron chi connectivity index (χ3n) is 3.87. The number of aromatic nitrogens is 3. The summed E-state index contributed by atoms with van der Waals surface area (Å²) >= 11 is 5.91. The van der Waals surface area contributed by atoms with E-state index in [0.717, 1.165) is 11.0 Å². The summed E-state index contributed by atoms with van der Waals surface area (Å²) in [5, 5.41) is 1.06. The summed E-state index contributed by atoms with van der Waals surface area (Å²) in [4.78, 5) is 22.4. The number of amides is 1. The van der Waals surface area contributed by atoms with E-state index in [9.17, 15) is 4.79 Å². The summed E-state index contributed by atoms with van der Waals surface area (Å²) < 4.78 is 2.02. The van der Waals surface area contributed by atoms with E-state index < -0.39 is 0 Å². The normalized spacial score (nSPS) is 19.6. The summed E-state index contributed by atoms with van der Waals surface area (Å²) in [6.07, 6.45) is 1.67. The maximum absolute atomic E-state index is 12.4. The molecule has 106 valence electrons. The van der Waals surface area contributed by atoms with Gasteiger partial charge < -0.3 is 9.47 Å². The average molecular weight is 293 g/mol. The Labute approximate surface area is 122 Å². The van der Waals surface area contributed by atoms with E-state index >= 15 is 0 Å². The van der Waals surface area contributed by atoms with Gasteiger partial charge in [0, 0.05) is 25.2 Å². The van der Waals surface area contributed by atoms with Crippen LogP contribution >= 0.6 is 11.6 Å². The predicted octanol–water partition coefficient (Wildman–Crippen LogP) is 2.76. The summed E-state index contributed by atoms with van der Waals surface area (Å²) in [5.41, 5.74) is 1.40. The number of likely N-dealkylation sites (N-methyl/N-ethyl adjacent to an activating group) is 1. The molecule has 0 unspecified atom stereocenters. The van der Waals surface area contributed by atoms with Gasteiger partial charge in [0.2, 0.25) is 5.28 Å². The molecule has 3 heterocycles. The van der Waals surface area contributed by atoms with Gasteiger partial charge in [-0.1, -0.05) is 20.8 Å². The highest BCUT2D eigenvalue weighted by molar-refractivity contribution is 6.28. The average Bonchev–Trinajstić information content (AvgIpc) is 2.71. The summed E-state index contributed by atoms with van der Waals surface area (Å²) in [5.74, 6) is 0.0135. The molecule has 2 aromatic heterocycles. The molecule has 0 saturated carbocycles. The number of rotatable bonds is 0. The number of fused-ring (bicyclic) bond motifs is 3. The second-order valence-electron chi connectivity index (χ2n) is 6.39. The number of hydrogen-bond donors (Lipinski definition) is 0. The number of carbonyl (C=O) groups excluding carboxylic acids is 1. The van der Waals surface area contributed by atoms with Crippen molar-refractivity contribution in [3.05, 3.63) is 23.2 Å². The number of carbonyl (C=O) groups is 1. The van der Waals surface area contributed by atoms with E-state index in [1.165, 1.54) is 0 Å². The summed E-state index contributed by atoms with van der Waals surface area (Å²) in [6.45, 7) is 7.17. The molecule has 6 heteroatoms. The minimum Gasteiger partial charge on any atom is -0.338 e. The maximum Gasteiger partial charge on any atom is 0.270 e. The lowest BCUT2D eigenvalue weighted by Crippen LogP contribution is -2.44. The first-order valence-electron chi connectivity index (χ1n) is 6.58. The molecular weight excluding hydrogens is 276 g/mol. The van der Waals surface area contributed by atoms with Crippen molar-refractivity contribution in [1.82, 2.24) is 19.4 Å². The SMILES string of the molecule is CN1C[C@H](C(C)(C)C)n2c(cc3cnc(Cl)nc32)C1=O. The van der Waals surface area contributed by atoms with E-state index in [2.05, 4.69) is 30.7 Å². The van der Waals surface area contributed by atoms with Crippen LogP contribution in [0, 0.1) is 5.41 Å². The van der Waals surface area contributed by atoms with E-state index in [4.69, 9.17) is 11.6 Å². The van der Waals surface area contributed by atoms with Crippen molar-refractivity contribution in [2.75, 3.05) is 13.6 Å². The Bertz CT molecular complexity index is 701. The van der Waals surface area contributed by atoms with E-state index in [1.54, 1.807) is 11.1 Å². The van der Waals surface area contributed by atoms with Crippen LogP contribution in [0.4, 0.5) is 0 Å². The maximum atomic E-state index is 12.4. The van der Waals surface area contributed by atoms with Crippen molar-refractivity contribution in [3.63, 3.8) is 0 Å². The van der Waals surface area contributed by atoms with Gasteiger partial charge in [0.25, 0.3) is 5.91 Å². The molecule has 0 N–H and O–H groups in total. The lowest BCUT2D eigenvalue weighted by Gasteiger charge is -2.40. The van der Waals surface area contributed by atoms with Crippen LogP contribution in [0.3, 0.4) is 0 Å². The third-order valence-corrected chi connectivity index (χ3v) is 4.05. The number of halogens is 1. The minimum atomic E-state index is 0.00703. The molecule has 1 aliphatic heterocycles. The van der Waals surface area contributed by atoms with Crippen molar-refractivity contribution in [2.24, 2.45) is 5.41 Å². The van der Waals surface area contributed by atoms with Gasteiger partial charge in [0.05, 0.1) is 6.04 Å². The van der Waals surface area contributed by atoms with Gasteiger partial charge in [-0.2, -0.15) is 4.98 Å². The van der Waals surface area contributed by atoms with Gasteiger partial charge in [-0.25, -0.2) is 4.98 Å². The van der Waals surface area contributed by atoms with Crippen LogP contribution in [-0.4, -0.2) is 38.9 Å². The van der Waals surface area contributed by atoms with E-state index in [1.807, 2.05) is 17.7 Å². The molecule has 0 aromatic carbocycles. The largest absolute Gasteiger partial charge is 0.338 e. The minimum absolute atomic E-state index is 0.00703. The monoisotopic (exact) mass is 292 g/mol. The highest BCUT2D eigenvalue weighted by atomic mass is 35.5. The van der Waals surface area contributed by atoms with Gasteiger partial charge in [-0.15, -0.1) is 0 Å². The van der Waals surface area contributed by atoms with Crippen molar-refractivity contribution >= 4 is 28.5 Å². The highest BCUT2D eigenvalue weighted by Gasteiger charge is 2.37. The zero-order valence-electron chi connectivity index (χ0n) is 12.0. The van der Waals surface area contributed by atoms with Crippen LogP contribution in [0.25, 0.3) is 11.0 Å². The lowest BCUT2D eigenvalue weighted by molar-refractivity contribution is 0.0648. The molecule has 20 heavy (non-hydrogen) atoms. The fraction of sp³-hybridized carbons (Fsp3) is 0.500. The Morgan fingerprint density at radius 3 is 2.75 bits per heavy atom. The molecule has 0 fully saturated rings. The molecule has 1 amide bonds. The van der Waals surface area contributed by atoms with Crippen molar-refractivity contribution in [1.29, 1.82) is 0 Å². The molecule has 0 spiro atoms. The lowest BCUT2D eigenvalue weighted by atomic mass is 9.85. The first-order valence-corrected chi connectivity index (χ1v) is 6.96. The smallest absolute Gasteiger partial charge is 0.270 e. The van der Waals surface area contributed by atoms with E-state index in [0.29, 0.717) is 12.2 Å². The molecule has 3 rings (SSSR count). The quantitative estimate of drug-likeness (QED) is 0.702. The third kappa shape index (κ3) is 1.88. The predicted molar refractivity (Wildman–Crippen MR) is 78.0 cm³/mol. The van der Waals surface area contributed by atoms with Crippen LogP contribution in [0.1, 0.15) is 37.3 Å². The van der Waals surface area contributed by atoms with Gasteiger partial charge >= 0.3 is 0 Å². The number of hydrogen-bond acceptors (Lipinski definition) is 3. The molecule has 2 aromatic rings. The first kappa shape index (κ1) is 13.4. The highest BCUT2D eigenvalue weighted by Crippen LogP contribution is 2.38. The topological polar surface area (TPSA) is 51.0 Å². The first-order chi connectivity index (χ1) is 9.29. The van der Waals surface area contributed by atoms with Crippen LogP contribution in [0.5, 0.6) is 0 Å². The molecule has 0 aliphatic carbocycles. The Morgan fingerprint density at radius 1 is 1.40 bits per heavy atom. The van der Waals surface area contributed by atoms with Gasteiger partial charge in [-0.3, -0.25) is 4.79 Å². The fourth-order valence-electron chi connectivity index (χ4n) is 2.75. The van der Waals surface area contributed by atoms with Gasteiger partial charge in [-0.05, 0) is 23.1 Å². The molecule has 1 aliphatic rings. The molecule has 1 atom stereocenters. The second-order valence-corrected chi connectivity index (χ2v) is 6.72. The molecule has 0 radical (unpaired) electrons. The van der Waals surface area contributed by atoms with Gasteiger partial charge in [0.1, 0.15) is 11.3 Å². The number of nitrogens with zero attached hydrogens (tertiary/aromatic N) is 4. The molecule has 5 nitrogen and oxygen atoms in total. The zero-order chi connectivity index (χ0) is 14.7. The van der Waals surface area contributed by atoms with Crippen molar-refractivity contribution in [2.45, 2.75) is 26.8 Å². The summed E-state index contributed by atoms with van der Waals surface area (Å²) in [6, 6.07) is 2.01. The molecule has 0 saturated heterocycles. The molecular formula is C14H17ClN4O. The Kier molecular flexibility index (Phi) is 2.80. The van der Waals surface area contributed by atoms with Crippen LogP contribution < -0.4 is 0 Å². The van der Waals surface area contributed by atoms with Crippen LogP contribution in [0.2, 0.25) is 5.28 Å². The van der Waals surface area contributed by atoms with E-state index in [-0.39, 0.29) is 22.6 Å². The zero-order valence-corrected chi connectivity index (χ0v) is 12.8. The van der Waals surface area contributed by atoms with Gasteiger partial charge in [0.15, 0.2) is 0 Å². The fourth-order valence-corrected chi connectivity index (χ4v) is 2.88. The van der Waals surface area contributed by atoms with Crippen LogP contribution in [0.15, 0.2) is 12.3 Å². The summed E-state index contributed by atoms with van der Waals surface area (Å²) in [7, 11) is 1.83. The Morgan fingerprint density at radius 2 is 2.10 bits per heavy atom. The Hall–Kier alpha value is -1.62. The Balaban J connectivity index is 2.33. The van der Waals surface area contributed by atoms with Crippen LogP contribution in [-0.2, 0) is 0 Å². The van der Waals surface area contributed by atoms with Crippen molar-refractivity contribution < 1.29 is 4.79 Å². The standard InChI is InChI=1S/C14H17ClN4O/c1-14(2,3)10-7-18(4)12(20)9-5-8-6-16-13(15)17-11(8)19(9)10/h5-6,10H,7H2,1-4H3/t10-/m1/s1. The second kappa shape index (κ2) is 4.19. The van der Waals surface area contributed by atoms with Crippen molar-refractivity contribution in [3.8, 4) is 0 Å².